The van der Waals surface area contributed by atoms with Crippen LogP contribution in [0.15, 0.2) is 23.1 Å². The van der Waals surface area contributed by atoms with Gasteiger partial charge < -0.3 is 10.6 Å². The van der Waals surface area contributed by atoms with Crippen molar-refractivity contribution in [3.63, 3.8) is 0 Å². The van der Waals surface area contributed by atoms with Crippen LogP contribution in [0, 0.1) is 6.92 Å². The average Bonchev–Trinajstić information content (AvgIpc) is 2.48. The fourth-order valence-electron chi connectivity index (χ4n) is 2.77. The van der Waals surface area contributed by atoms with Gasteiger partial charge in [0.05, 0.1) is 4.90 Å². The van der Waals surface area contributed by atoms with E-state index in [1.54, 1.807) is 19.1 Å². The Bertz CT molecular complexity index is 566. The molecule has 6 heteroatoms. The van der Waals surface area contributed by atoms with Crippen LogP contribution in [0.3, 0.4) is 0 Å². The van der Waals surface area contributed by atoms with Gasteiger partial charge in [-0.1, -0.05) is 18.6 Å². The Morgan fingerprint density at radius 3 is 2.62 bits per heavy atom. The van der Waals surface area contributed by atoms with Gasteiger partial charge in [-0.3, -0.25) is 0 Å². The van der Waals surface area contributed by atoms with E-state index in [9.17, 15) is 8.42 Å². The van der Waals surface area contributed by atoms with Gasteiger partial charge in [0.1, 0.15) is 0 Å². The van der Waals surface area contributed by atoms with Crippen molar-refractivity contribution in [2.24, 2.45) is 5.73 Å². The summed E-state index contributed by atoms with van der Waals surface area (Å²) in [6, 6.07) is 5.24. The van der Waals surface area contributed by atoms with Crippen LogP contribution >= 0.6 is 0 Å². The van der Waals surface area contributed by atoms with E-state index in [0.29, 0.717) is 18.0 Å². The van der Waals surface area contributed by atoms with Crippen LogP contribution < -0.4 is 10.5 Å². The molecule has 2 rings (SSSR count). The smallest absolute Gasteiger partial charge is 0.240 e. The Hall–Kier alpha value is -0.950. The maximum atomic E-state index is 12.4. The van der Waals surface area contributed by atoms with E-state index in [4.69, 9.17) is 5.73 Å². The molecule has 1 fully saturated rings. The Morgan fingerprint density at radius 1 is 1.24 bits per heavy atom. The number of nitrogens with two attached hydrogens (primary N) is 1. The number of nitrogens with one attached hydrogen (secondary N) is 1. The molecule has 1 aliphatic heterocycles. The van der Waals surface area contributed by atoms with Gasteiger partial charge in [-0.25, -0.2) is 13.1 Å². The van der Waals surface area contributed by atoms with Crippen LogP contribution in [0.25, 0.3) is 0 Å². The molecule has 0 radical (unpaired) electrons. The second-order valence-electron chi connectivity index (χ2n) is 5.54. The lowest BCUT2D eigenvalue weighted by atomic mass is 10.1. The summed E-state index contributed by atoms with van der Waals surface area (Å²) in [4.78, 5) is 2.65. The predicted molar refractivity (Wildman–Crippen MR) is 84.5 cm³/mol. The van der Waals surface area contributed by atoms with Gasteiger partial charge in [-0.05, 0) is 50.0 Å². The fourth-order valence-corrected chi connectivity index (χ4v) is 4.08. The quantitative estimate of drug-likeness (QED) is 0.828. The van der Waals surface area contributed by atoms with Crippen molar-refractivity contribution in [2.75, 3.05) is 26.2 Å². The van der Waals surface area contributed by atoms with E-state index in [1.807, 2.05) is 6.07 Å². The standard InChI is InChI=1S/C15H25N3O2S/c1-13-14(12-16)6-5-7-15(13)21(19,20)17-8-11-18-9-3-2-4-10-18/h5-7,17H,2-4,8-12,16H2,1H3. The summed E-state index contributed by atoms with van der Waals surface area (Å²) in [5.41, 5.74) is 7.25. The summed E-state index contributed by atoms with van der Waals surface area (Å²) in [6.07, 6.45) is 3.71. The molecule has 118 valence electrons. The highest BCUT2D eigenvalue weighted by Gasteiger charge is 2.18. The van der Waals surface area contributed by atoms with Gasteiger partial charge in [-0.15, -0.1) is 0 Å². The third-order valence-corrected chi connectivity index (χ3v) is 5.68. The normalized spacial score (nSPS) is 17.0. The highest BCUT2D eigenvalue weighted by atomic mass is 32.2. The van der Waals surface area contributed by atoms with Gasteiger partial charge in [0.25, 0.3) is 0 Å². The Morgan fingerprint density at radius 2 is 1.95 bits per heavy atom. The number of piperidine rings is 1. The molecule has 0 aliphatic carbocycles. The number of sulfonamides is 1. The maximum absolute atomic E-state index is 12.4. The van der Waals surface area contributed by atoms with Crippen molar-refractivity contribution in [3.8, 4) is 0 Å². The molecule has 1 aliphatic rings. The third kappa shape index (κ3) is 4.26. The van der Waals surface area contributed by atoms with Crippen LogP contribution in [-0.2, 0) is 16.6 Å². The highest BCUT2D eigenvalue weighted by Crippen LogP contribution is 2.18. The molecule has 0 unspecified atom stereocenters. The lowest BCUT2D eigenvalue weighted by Crippen LogP contribution is -2.37. The summed E-state index contributed by atoms with van der Waals surface area (Å²) in [5.74, 6) is 0. The molecule has 0 spiro atoms. The minimum atomic E-state index is -3.46. The molecule has 1 heterocycles. The predicted octanol–water partition coefficient (Wildman–Crippen LogP) is 1.22. The largest absolute Gasteiger partial charge is 0.326 e. The summed E-state index contributed by atoms with van der Waals surface area (Å²) in [6.45, 7) is 5.53. The summed E-state index contributed by atoms with van der Waals surface area (Å²) in [7, 11) is -3.46. The molecule has 1 aromatic carbocycles. The Labute approximate surface area is 127 Å². The molecule has 0 bridgehead atoms. The van der Waals surface area contributed by atoms with E-state index < -0.39 is 10.0 Å². The van der Waals surface area contributed by atoms with Gasteiger partial charge in [0.2, 0.25) is 10.0 Å². The number of hydrogen-bond donors (Lipinski definition) is 2. The third-order valence-electron chi connectivity index (χ3n) is 4.07. The van der Waals surface area contributed by atoms with Gasteiger partial charge >= 0.3 is 0 Å². The maximum Gasteiger partial charge on any atom is 0.240 e. The van der Waals surface area contributed by atoms with Crippen LogP contribution in [-0.4, -0.2) is 39.5 Å². The first kappa shape index (κ1) is 16.4. The van der Waals surface area contributed by atoms with E-state index in [0.717, 1.165) is 30.8 Å². The summed E-state index contributed by atoms with van der Waals surface area (Å²) >= 11 is 0. The van der Waals surface area contributed by atoms with Gasteiger partial charge in [-0.2, -0.15) is 0 Å². The van der Waals surface area contributed by atoms with Crippen molar-refractivity contribution >= 4 is 10.0 Å². The molecule has 0 atom stereocenters. The van der Waals surface area contributed by atoms with E-state index in [-0.39, 0.29) is 0 Å². The zero-order chi connectivity index (χ0) is 15.3. The average molecular weight is 311 g/mol. The monoisotopic (exact) mass is 311 g/mol. The molecule has 0 saturated carbocycles. The van der Waals surface area contributed by atoms with E-state index in [1.165, 1.54) is 19.3 Å². The summed E-state index contributed by atoms with van der Waals surface area (Å²) in [5, 5.41) is 0. The summed E-state index contributed by atoms with van der Waals surface area (Å²) < 4.78 is 27.5. The van der Waals surface area contributed by atoms with Crippen LogP contribution in [0.5, 0.6) is 0 Å². The number of likely N-dealkylation sites (tertiary alicyclic amines) is 1. The molecular formula is C15H25N3O2S. The van der Waals surface area contributed by atoms with Crippen molar-refractivity contribution in [1.29, 1.82) is 0 Å². The van der Waals surface area contributed by atoms with Crippen LogP contribution in [0.1, 0.15) is 30.4 Å². The number of benzene rings is 1. The lowest BCUT2D eigenvalue weighted by Gasteiger charge is -2.26. The Kier molecular flexibility index (Phi) is 5.75. The molecule has 0 aromatic heterocycles. The van der Waals surface area contributed by atoms with E-state index >= 15 is 0 Å². The Balaban J connectivity index is 1.98. The first-order valence-corrected chi connectivity index (χ1v) is 9.03. The van der Waals surface area contributed by atoms with Crippen LogP contribution in [0.4, 0.5) is 0 Å². The SMILES string of the molecule is Cc1c(CN)cccc1S(=O)(=O)NCCN1CCCCC1. The van der Waals surface area contributed by atoms with Crippen molar-refractivity contribution in [2.45, 2.75) is 37.6 Å². The van der Waals surface area contributed by atoms with E-state index in [2.05, 4.69) is 9.62 Å². The molecule has 5 nitrogen and oxygen atoms in total. The number of hydrogen-bond acceptors (Lipinski definition) is 4. The molecule has 1 saturated heterocycles. The topological polar surface area (TPSA) is 75.4 Å². The molecular weight excluding hydrogens is 286 g/mol. The molecule has 1 aromatic rings. The lowest BCUT2D eigenvalue weighted by molar-refractivity contribution is 0.233. The fraction of sp³-hybridized carbons (Fsp3) is 0.600. The van der Waals surface area contributed by atoms with Crippen molar-refractivity contribution in [1.82, 2.24) is 9.62 Å². The van der Waals surface area contributed by atoms with Gasteiger partial charge in [0.15, 0.2) is 0 Å². The minimum absolute atomic E-state index is 0.337. The number of nitrogens with zero attached hydrogens (tertiary/aromatic N) is 1. The highest BCUT2D eigenvalue weighted by molar-refractivity contribution is 7.89. The first-order chi connectivity index (χ1) is 10.0. The van der Waals surface area contributed by atoms with Crippen LogP contribution in [0.2, 0.25) is 0 Å². The zero-order valence-corrected chi connectivity index (χ0v) is 13.5. The molecule has 21 heavy (non-hydrogen) atoms. The molecule has 0 amide bonds. The van der Waals surface area contributed by atoms with Gasteiger partial charge in [0, 0.05) is 19.6 Å². The molecule has 3 N–H and O–H groups in total. The number of rotatable bonds is 6. The first-order valence-electron chi connectivity index (χ1n) is 7.55. The zero-order valence-electron chi connectivity index (χ0n) is 12.6. The minimum Gasteiger partial charge on any atom is -0.326 e. The van der Waals surface area contributed by atoms with Crippen molar-refractivity contribution in [3.05, 3.63) is 29.3 Å². The van der Waals surface area contributed by atoms with Crippen molar-refractivity contribution < 1.29 is 8.42 Å². The second kappa shape index (κ2) is 7.35. The second-order valence-corrected chi connectivity index (χ2v) is 7.28.